The highest BCUT2D eigenvalue weighted by Crippen LogP contribution is 2.42. The molecule has 0 saturated carbocycles. The summed E-state index contributed by atoms with van der Waals surface area (Å²) in [4.78, 5) is 30.9. The van der Waals surface area contributed by atoms with E-state index in [-0.39, 0.29) is 30.5 Å². The van der Waals surface area contributed by atoms with Gasteiger partial charge in [0, 0.05) is 50.3 Å². The number of benzene rings is 2. The molecule has 0 aromatic heterocycles. The van der Waals surface area contributed by atoms with Crippen molar-refractivity contribution in [1.82, 2.24) is 4.90 Å². The molecular weight excluding hydrogens is 518 g/mol. The van der Waals surface area contributed by atoms with E-state index in [0.717, 1.165) is 79.7 Å². The van der Waals surface area contributed by atoms with Crippen LogP contribution < -0.4 is 15.4 Å². The Morgan fingerprint density at radius 1 is 1.12 bits per heavy atom. The number of aliphatic carboxylic acids is 1. The van der Waals surface area contributed by atoms with Gasteiger partial charge < -0.3 is 25.2 Å². The summed E-state index contributed by atoms with van der Waals surface area (Å²) in [5.74, 6) is -0.707. The number of hydrogen-bond acceptors (Lipinski definition) is 6. The Labute approximate surface area is 243 Å². The summed E-state index contributed by atoms with van der Waals surface area (Å²) in [6.45, 7) is 5.29. The number of ether oxygens (including phenoxy) is 2. The maximum absolute atomic E-state index is 14.0. The Morgan fingerprint density at radius 2 is 2.00 bits per heavy atom. The molecule has 222 valence electrons. The molecule has 2 fully saturated rings. The van der Waals surface area contributed by atoms with Crippen LogP contribution in [0.15, 0.2) is 42.5 Å². The van der Waals surface area contributed by atoms with Crippen LogP contribution in [0.1, 0.15) is 74.5 Å². The van der Waals surface area contributed by atoms with E-state index in [1.807, 2.05) is 41.3 Å². The first-order valence-electron chi connectivity index (χ1n) is 15.4. The van der Waals surface area contributed by atoms with Crippen LogP contribution in [0.3, 0.4) is 0 Å². The molecule has 3 aliphatic heterocycles. The zero-order valence-corrected chi connectivity index (χ0v) is 24.3. The smallest absolute Gasteiger partial charge is 0.308 e. The molecule has 0 aliphatic carbocycles. The molecule has 2 aromatic rings. The Hall–Kier alpha value is -2.94. The summed E-state index contributed by atoms with van der Waals surface area (Å²) in [6, 6.07) is 13.7. The highest BCUT2D eigenvalue weighted by Gasteiger charge is 2.47. The molecular formula is C33H45N3O5. The van der Waals surface area contributed by atoms with Crippen LogP contribution in [-0.4, -0.2) is 66.9 Å². The number of anilines is 1. The van der Waals surface area contributed by atoms with Gasteiger partial charge in [0.15, 0.2) is 0 Å². The van der Waals surface area contributed by atoms with Crippen LogP contribution in [0.25, 0.3) is 0 Å². The first-order chi connectivity index (χ1) is 20.0. The number of hydrogen-bond donors (Lipinski definition) is 2. The summed E-state index contributed by atoms with van der Waals surface area (Å²) < 4.78 is 11.7. The number of carboxylic acid groups (broad SMARTS) is 1. The van der Waals surface area contributed by atoms with Gasteiger partial charge in [-0.15, -0.1) is 0 Å². The van der Waals surface area contributed by atoms with E-state index in [2.05, 4.69) is 17.9 Å². The Morgan fingerprint density at radius 3 is 2.76 bits per heavy atom. The van der Waals surface area contributed by atoms with Crippen molar-refractivity contribution in [2.24, 2.45) is 11.7 Å². The van der Waals surface area contributed by atoms with Gasteiger partial charge in [0.05, 0.1) is 25.2 Å². The second-order valence-corrected chi connectivity index (χ2v) is 11.8. The standard InChI is InChI=1S/C33H45N3O5/c1-2-3-15-36(26-8-6-7-23(18-26)20-34)31(37)22-35-21-28(24-10-13-30-25(19-24)14-17-41-30)32(33(38)39)29(35)12-11-27-9-4-5-16-40-27/h6-8,10,13,18-19,27-29,32H,2-5,9,11-12,14-17,20-22,34H2,1H3,(H,38,39). The van der Waals surface area contributed by atoms with Gasteiger partial charge in [-0.25, -0.2) is 0 Å². The molecule has 0 bridgehead atoms. The minimum absolute atomic E-state index is 0.00122. The number of fused-ring (bicyclic) bond motifs is 1. The summed E-state index contributed by atoms with van der Waals surface area (Å²) in [7, 11) is 0. The van der Waals surface area contributed by atoms with E-state index in [1.54, 1.807) is 0 Å². The average Bonchev–Trinajstić information content (AvgIpc) is 3.61. The molecule has 3 heterocycles. The first-order valence-corrected chi connectivity index (χ1v) is 15.4. The highest BCUT2D eigenvalue weighted by atomic mass is 16.5. The molecule has 4 unspecified atom stereocenters. The van der Waals surface area contributed by atoms with Gasteiger partial charge in [-0.2, -0.15) is 0 Å². The second kappa shape index (κ2) is 13.8. The predicted molar refractivity (Wildman–Crippen MR) is 159 cm³/mol. The van der Waals surface area contributed by atoms with Crippen molar-refractivity contribution >= 4 is 17.6 Å². The van der Waals surface area contributed by atoms with Crippen LogP contribution in [0.4, 0.5) is 5.69 Å². The molecule has 3 N–H and O–H groups in total. The number of rotatable bonds is 12. The summed E-state index contributed by atoms with van der Waals surface area (Å²) in [6.07, 6.45) is 7.60. The number of carboxylic acids is 1. The zero-order chi connectivity index (χ0) is 28.8. The molecule has 1 amide bonds. The number of unbranched alkanes of at least 4 members (excludes halogenated alkanes) is 1. The molecule has 8 heteroatoms. The van der Waals surface area contributed by atoms with Gasteiger partial charge in [0.2, 0.25) is 5.91 Å². The van der Waals surface area contributed by atoms with Crippen molar-refractivity contribution in [3.63, 3.8) is 0 Å². The quantitative estimate of drug-likeness (QED) is 0.385. The Kier molecular flexibility index (Phi) is 9.96. The van der Waals surface area contributed by atoms with Crippen molar-refractivity contribution in [1.29, 1.82) is 0 Å². The van der Waals surface area contributed by atoms with Gasteiger partial charge in [0.25, 0.3) is 0 Å². The van der Waals surface area contributed by atoms with Crippen LogP contribution in [-0.2, 0) is 27.3 Å². The van der Waals surface area contributed by atoms with E-state index in [4.69, 9.17) is 15.2 Å². The lowest BCUT2D eigenvalue weighted by Crippen LogP contribution is -2.45. The molecule has 41 heavy (non-hydrogen) atoms. The number of likely N-dealkylation sites (tertiary alicyclic amines) is 1. The van der Waals surface area contributed by atoms with Crippen molar-refractivity contribution in [2.75, 3.05) is 37.7 Å². The number of carbonyl (C=O) groups excluding carboxylic acids is 1. The zero-order valence-electron chi connectivity index (χ0n) is 24.3. The Bertz CT molecular complexity index is 1200. The summed E-state index contributed by atoms with van der Waals surface area (Å²) in [5.41, 5.74) is 9.89. The molecule has 4 atom stereocenters. The predicted octanol–water partition coefficient (Wildman–Crippen LogP) is 4.73. The fourth-order valence-corrected chi connectivity index (χ4v) is 6.84. The third-order valence-electron chi connectivity index (χ3n) is 9.07. The van der Waals surface area contributed by atoms with Crippen LogP contribution >= 0.6 is 0 Å². The summed E-state index contributed by atoms with van der Waals surface area (Å²) in [5, 5.41) is 10.6. The lowest BCUT2D eigenvalue weighted by atomic mass is 9.82. The van der Waals surface area contributed by atoms with E-state index < -0.39 is 11.9 Å². The fourth-order valence-electron chi connectivity index (χ4n) is 6.84. The van der Waals surface area contributed by atoms with Crippen LogP contribution in [0, 0.1) is 5.92 Å². The van der Waals surface area contributed by atoms with E-state index in [9.17, 15) is 14.7 Å². The minimum atomic E-state index is -0.797. The Balaban J connectivity index is 1.41. The highest BCUT2D eigenvalue weighted by molar-refractivity contribution is 5.95. The first kappa shape index (κ1) is 29.5. The van der Waals surface area contributed by atoms with Crippen molar-refractivity contribution < 1.29 is 24.2 Å². The number of nitrogens with two attached hydrogens (primary N) is 1. The topological polar surface area (TPSA) is 105 Å². The third-order valence-corrected chi connectivity index (χ3v) is 9.07. The normalized spacial score (nSPS) is 24.1. The van der Waals surface area contributed by atoms with Gasteiger partial charge in [-0.05, 0) is 73.4 Å². The number of amides is 1. The largest absolute Gasteiger partial charge is 0.493 e. The van der Waals surface area contributed by atoms with Crippen LogP contribution in [0.2, 0.25) is 0 Å². The van der Waals surface area contributed by atoms with E-state index >= 15 is 0 Å². The van der Waals surface area contributed by atoms with Gasteiger partial charge in [-0.3, -0.25) is 14.5 Å². The number of nitrogens with zero attached hydrogens (tertiary/aromatic N) is 2. The maximum atomic E-state index is 14.0. The summed E-state index contributed by atoms with van der Waals surface area (Å²) >= 11 is 0. The fraction of sp³-hybridized carbons (Fsp3) is 0.576. The maximum Gasteiger partial charge on any atom is 0.308 e. The average molecular weight is 564 g/mol. The van der Waals surface area contributed by atoms with Gasteiger partial charge >= 0.3 is 5.97 Å². The van der Waals surface area contributed by atoms with Crippen molar-refractivity contribution in [3.05, 3.63) is 59.2 Å². The lowest BCUT2D eigenvalue weighted by Gasteiger charge is -2.31. The molecule has 3 aliphatic rings. The lowest BCUT2D eigenvalue weighted by molar-refractivity contribution is -0.143. The second-order valence-electron chi connectivity index (χ2n) is 11.8. The molecule has 0 radical (unpaired) electrons. The SMILES string of the molecule is CCCCN(C(=O)CN1CC(c2ccc3c(c2)CCO3)C(C(=O)O)C1CCC1CCCCO1)c1cccc(CN)c1. The number of carbonyl (C=O) groups is 2. The van der Waals surface area contributed by atoms with Crippen LogP contribution in [0.5, 0.6) is 5.75 Å². The molecule has 2 aromatic carbocycles. The van der Waals surface area contributed by atoms with Crippen molar-refractivity contribution in [2.45, 2.75) is 82.9 Å². The molecule has 2 saturated heterocycles. The third kappa shape index (κ3) is 6.93. The van der Waals surface area contributed by atoms with Crippen molar-refractivity contribution in [3.8, 4) is 5.75 Å². The van der Waals surface area contributed by atoms with Gasteiger partial charge in [0.1, 0.15) is 5.75 Å². The van der Waals surface area contributed by atoms with Gasteiger partial charge in [-0.1, -0.05) is 37.6 Å². The molecule has 8 nitrogen and oxygen atoms in total. The van der Waals surface area contributed by atoms with E-state index in [1.165, 1.54) is 0 Å². The monoisotopic (exact) mass is 563 g/mol. The van der Waals surface area contributed by atoms with E-state index in [0.29, 0.717) is 32.7 Å². The minimum Gasteiger partial charge on any atom is -0.493 e. The molecule has 5 rings (SSSR count). The molecule has 0 spiro atoms.